The van der Waals surface area contributed by atoms with E-state index in [1.54, 1.807) is 47.6 Å². The molecule has 0 aromatic heterocycles. The van der Waals surface area contributed by atoms with Crippen molar-refractivity contribution in [3.8, 4) is 0 Å². The van der Waals surface area contributed by atoms with Crippen LogP contribution in [0, 0.1) is 10.1 Å². The van der Waals surface area contributed by atoms with Crippen LogP contribution in [0.15, 0.2) is 24.3 Å². The van der Waals surface area contributed by atoms with Crippen molar-refractivity contribution in [2.45, 2.75) is 58.8 Å². The zero-order chi connectivity index (χ0) is 22.2. The molecule has 0 radical (unpaired) electrons. The molecule has 0 aliphatic rings. The van der Waals surface area contributed by atoms with Crippen molar-refractivity contribution < 1.29 is 33.5 Å². The second-order valence-corrected chi connectivity index (χ2v) is 8.30. The van der Waals surface area contributed by atoms with Gasteiger partial charge in [0.15, 0.2) is 0 Å². The number of carbonyl (C=O) groups is 2. The van der Waals surface area contributed by atoms with E-state index in [2.05, 4.69) is 0 Å². The molecular weight excluding hydrogens is 382 g/mol. The van der Waals surface area contributed by atoms with Gasteiger partial charge < -0.3 is 18.9 Å². The van der Waals surface area contributed by atoms with Gasteiger partial charge in [0.05, 0.1) is 17.1 Å². The third-order valence-corrected chi connectivity index (χ3v) is 3.21. The van der Waals surface area contributed by atoms with Crippen molar-refractivity contribution in [3.63, 3.8) is 0 Å². The van der Waals surface area contributed by atoms with Crippen LogP contribution in [-0.4, -0.2) is 47.9 Å². The Hall–Kier alpha value is -2.52. The largest absolute Gasteiger partial charge is 0.458 e. The normalized spacial score (nSPS) is 12.9. The van der Waals surface area contributed by atoms with Gasteiger partial charge in [-0.25, -0.2) is 9.59 Å². The molecule has 9 heteroatoms. The lowest BCUT2D eigenvalue weighted by Gasteiger charge is -2.22. The highest BCUT2D eigenvalue weighted by molar-refractivity contribution is 5.71. The summed E-state index contributed by atoms with van der Waals surface area (Å²) in [6.07, 6.45) is -0.952. The molecule has 0 aliphatic heterocycles. The second kappa shape index (κ2) is 10.3. The standard InChI is InChI=1S/C20H29NO8/c1-19(2,3)28-17(22)12-26-11-16(27-13-18(23)29-20(4,5)6)14-9-7-8-10-15(14)21(24)25/h7-10,16H,11-13H2,1-6H3. The van der Waals surface area contributed by atoms with Crippen LogP contribution in [0.1, 0.15) is 53.2 Å². The van der Waals surface area contributed by atoms with E-state index in [1.807, 2.05) is 0 Å². The number of ether oxygens (including phenoxy) is 4. The first-order valence-corrected chi connectivity index (χ1v) is 9.15. The van der Waals surface area contributed by atoms with Crippen molar-refractivity contribution in [2.75, 3.05) is 19.8 Å². The molecule has 1 aromatic rings. The highest BCUT2D eigenvalue weighted by Gasteiger charge is 2.26. The number of benzene rings is 1. The predicted octanol–water partition coefficient (Wildman–Crippen LogP) is 3.35. The lowest BCUT2D eigenvalue weighted by Crippen LogP contribution is -2.29. The summed E-state index contributed by atoms with van der Waals surface area (Å²) < 4.78 is 21.2. The topological polar surface area (TPSA) is 114 Å². The summed E-state index contributed by atoms with van der Waals surface area (Å²) in [5, 5.41) is 11.3. The average Bonchev–Trinajstić information content (AvgIpc) is 2.54. The first-order valence-electron chi connectivity index (χ1n) is 9.15. The molecule has 0 spiro atoms. The van der Waals surface area contributed by atoms with Gasteiger partial charge in [0, 0.05) is 6.07 Å². The molecule has 9 nitrogen and oxygen atoms in total. The number of nitro benzene ring substituents is 1. The van der Waals surface area contributed by atoms with Gasteiger partial charge in [0.1, 0.15) is 30.5 Å². The van der Waals surface area contributed by atoms with Gasteiger partial charge in [-0.15, -0.1) is 0 Å². The van der Waals surface area contributed by atoms with Crippen LogP contribution in [0.5, 0.6) is 0 Å². The number of nitro groups is 1. The lowest BCUT2D eigenvalue weighted by molar-refractivity contribution is -0.386. The minimum atomic E-state index is -0.952. The van der Waals surface area contributed by atoms with E-state index < -0.39 is 40.8 Å². The molecule has 0 saturated carbocycles. The Morgan fingerprint density at radius 1 is 0.966 bits per heavy atom. The SMILES string of the molecule is CC(C)(C)OC(=O)COCC(OCC(=O)OC(C)(C)C)c1ccccc1[N+](=O)[O-]. The Morgan fingerprint density at radius 3 is 2.00 bits per heavy atom. The third-order valence-electron chi connectivity index (χ3n) is 3.21. The molecule has 0 amide bonds. The summed E-state index contributed by atoms with van der Waals surface area (Å²) in [4.78, 5) is 34.5. The van der Waals surface area contributed by atoms with Gasteiger partial charge in [-0.3, -0.25) is 10.1 Å². The van der Waals surface area contributed by atoms with Crippen LogP contribution in [0.3, 0.4) is 0 Å². The summed E-state index contributed by atoms with van der Waals surface area (Å²) >= 11 is 0. The molecule has 0 fully saturated rings. The summed E-state index contributed by atoms with van der Waals surface area (Å²) in [5.41, 5.74) is -1.31. The third kappa shape index (κ3) is 10.00. The van der Waals surface area contributed by atoms with Crippen LogP contribution in [0.4, 0.5) is 5.69 Å². The number of esters is 2. The quantitative estimate of drug-likeness (QED) is 0.345. The molecule has 1 aromatic carbocycles. The Labute approximate surface area is 170 Å². The maximum Gasteiger partial charge on any atom is 0.332 e. The van der Waals surface area contributed by atoms with E-state index >= 15 is 0 Å². The van der Waals surface area contributed by atoms with Crippen molar-refractivity contribution in [1.29, 1.82) is 0 Å². The number of para-hydroxylation sites is 1. The van der Waals surface area contributed by atoms with Crippen LogP contribution in [0.2, 0.25) is 0 Å². The van der Waals surface area contributed by atoms with Crippen LogP contribution in [0.25, 0.3) is 0 Å². The number of carbonyl (C=O) groups excluding carboxylic acids is 2. The molecule has 0 saturated heterocycles. The average molecular weight is 411 g/mol. The highest BCUT2D eigenvalue weighted by atomic mass is 16.6. The van der Waals surface area contributed by atoms with Crippen LogP contribution >= 0.6 is 0 Å². The van der Waals surface area contributed by atoms with Gasteiger partial charge in [-0.1, -0.05) is 12.1 Å². The zero-order valence-electron chi connectivity index (χ0n) is 17.7. The molecular formula is C20H29NO8. The molecule has 1 unspecified atom stereocenters. The Kier molecular flexibility index (Phi) is 8.72. The van der Waals surface area contributed by atoms with Gasteiger partial charge >= 0.3 is 11.9 Å². The fourth-order valence-corrected chi connectivity index (χ4v) is 2.31. The smallest absolute Gasteiger partial charge is 0.332 e. The maximum absolute atomic E-state index is 12.0. The summed E-state index contributed by atoms with van der Waals surface area (Å²) in [6.45, 7) is 9.36. The van der Waals surface area contributed by atoms with Crippen LogP contribution < -0.4 is 0 Å². The molecule has 1 rings (SSSR count). The molecule has 0 N–H and O–H groups in total. The van der Waals surface area contributed by atoms with E-state index in [0.29, 0.717) is 0 Å². The van der Waals surface area contributed by atoms with E-state index in [0.717, 1.165) is 0 Å². The fraction of sp³-hybridized carbons (Fsp3) is 0.600. The van der Waals surface area contributed by atoms with E-state index in [9.17, 15) is 19.7 Å². The number of rotatable bonds is 9. The first kappa shape index (κ1) is 24.5. The summed E-state index contributed by atoms with van der Waals surface area (Å²) in [6, 6.07) is 5.97. The first-order chi connectivity index (χ1) is 13.3. The summed E-state index contributed by atoms with van der Waals surface area (Å²) in [7, 11) is 0. The van der Waals surface area contributed by atoms with Crippen molar-refractivity contribution >= 4 is 17.6 Å². The zero-order valence-corrected chi connectivity index (χ0v) is 17.7. The van der Waals surface area contributed by atoms with Crippen LogP contribution in [-0.2, 0) is 28.5 Å². The second-order valence-electron chi connectivity index (χ2n) is 8.30. The Morgan fingerprint density at radius 2 is 1.48 bits per heavy atom. The lowest BCUT2D eigenvalue weighted by atomic mass is 10.1. The minimum Gasteiger partial charge on any atom is -0.458 e. The number of hydrogen-bond acceptors (Lipinski definition) is 8. The van der Waals surface area contributed by atoms with Crippen molar-refractivity contribution in [3.05, 3.63) is 39.9 Å². The molecule has 0 bridgehead atoms. The molecule has 162 valence electrons. The van der Waals surface area contributed by atoms with E-state index in [4.69, 9.17) is 18.9 Å². The fourth-order valence-electron chi connectivity index (χ4n) is 2.31. The van der Waals surface area contributed by atoms with E-state index in [1.165, 1.54) is 18.2 Å². The molecule has 0 heterocycles. The van der Waals surface area contributed by atoms with Crippen molar-refractivity contribution in [1.82, 2.24) is 0 Å². The molecule has 1 atom stereocenters. The summed E-state index contributed by atoms with van der Waals surface area (Å²) in [5.74, 6) is -1.20. The number of nitrogens with zero attached hydrogens (tertiary/aromatic N) is 1. The van der Waals surface area contributed by atoms with Gasteiger partial charge in [-0.05, 0) is 47.6 Å². The van der Waals surface area contributed by atoms with Gasteiger partial charge in [0.25, 0.3) is 5.69 Å². The number of hydrogen-bond donors (Lipinski definition) is 0. The Balaban J connectivity index is 2.85. The molecule has 29 heavy (non-hydrogen) atoms. The predicted molar refractivity (Wildman–Crippen MR) is 104 cm³/mol. The minimum absolute atomic E-state index is 0.178. The van der Waals surface area contributed by atoms with Gasteiger partial charge in [-0.2, -0.15) is 0 Å². The highest BCUT2D eigenvalue weighted by Crippen LogP contribution is 2.28. The Bertz CT molecular complexity index is 718. The van der Waals surface area contributed by atoms with Crippen molar-refractivity contribution in [2.24, 2.45) is 0 Å². The maximum atomic E-state index is 12.0. The molecule has 0 aliphatic carbocycles. The van der Waals surface area contributed by atoms with E-state index in [-0.39, 0.29) is 24.5 Å². The van der Waals surface area contributed by atoms with Gasteiger partial charge in [0.2, 0.25) is 0 Å². The monoisotopic (exact) mass is 411 g/mol.